The van der Waals surface area contributed by atoms with Crippen molar-refractivity contribution in [3.8, 4) is 5.75 Å². The molecule has 0 amide bonds. The normalized spacial score (nSPS) is 15.6. The molecule has 0 unspecified atom stereocenters. The predicted molar refractivity (Wildman–Crippen MR) is 49.2 cm³/mol. The second-order valence-corrected chi connectivity index (χ2v) is 3.09. The molecule has 4 heteroatoms. The van der Waals surface area contributed by atoms with Crippen molar-refractivity contribution in [2.75, 3.05) is 0 Å². The van der Waals surface area contributed by atoms with E-state index in [1.54, 1.807) is 0 Å². The maximum atomic E-state index is 11.4. The molecule has 0 saturated heterocycles. The van der Waals surface area contributed by atoms with E-state index in [2.05, 4.69) is 0 Å². The van der Waals surface area contributed by atoms with Crippen LogP contribution in [0.25, 0.3) is 5.76 Å². The Hall–Kier alpha value is -1.97. The average Bonchev–Trinajstić information content (AvgIpc) is 2.14. The van der Waals surface area contributed by atoms with Crippen molar-refractivity contribution in [2.45, 2.75) is 6.42 Å². The summed E-state index contributed by atoms with van der Waals surface area (Å²) in [5.74, 6) is -1.26. The van der Waals surface area contributed by atoms with E-state index in [1.807, 2.05) is 0 Å². The standard InChI is InChI=1S/C10H8O4/c11-6-3-1-2-5-9(6)7(12)4-8(13)10(5)14/h1-3,11,13-14H,4H2. The first-order chi connectivity index (χ1) is 6.61. The Kier molecular flexibility index (Phi) is 1.70. The predicted octanol–water partition coefficient (Wildman–Crippen LogP) is 1.76. The van der Waals surface area contributed by atoms with Crippen LogP contribution in [0.1, 0.15) is 22.3 Å². The van der Waals surface area contributed by atoms with Gasteiger partial charge in [0.2, 0.25) is 0 Å². The van der Waals surface area contributed by atoms with Gasteiger partial charge in [0, 0.05) is 5.56 Å². The van der Waals surface area contributed by atoms with Gasteiger partial charge in [-0.25, -0.2) is 0 Å². The zero-order valence-electron chi connectivity index (χ0n) is 7.19. The van der Waals surface area contributed by atoms with Gasteiger partial charge in [0.15, 0.2) is 11.5 Å². The van der Waals surface area contributed by atoms with Crippen LogP contribution in [0, 0.1) is 0 Å². The van der Waals surface area contributed by atoms with Crippen molar-refractivity contribution in [3.05, 3.63) is 35.1 Å². The minimum Gasteiger partial charge on any atom is -0.508 e. The fraction of sp³-hybridized carbons (Fsp3) is 0.100. The van der Waals surface area contributed by atoms with Crippen molar-refractivity contribution in [3.63, 3.8) is 0 Å². The lowest BCUT2D eigenvalue weighted by Gasteiger charge is -2.15. The van der Waals surface area contributed by atoms with Gasteiger partial charge in [-0.1, -0.05) is 12.1 Å². The van der Waals surface area contributed by atoms with E-state index in [0.717, 1.165) is 0 Å². The van der Waals surface area contributed by atoms with Crippen molar-refractivity contribution in [2.24, 2.45) is 0 Å². The lowest BCUT2D eigenvalue weighted by Crippen LogP contribution is -2.12. The van der Waals surface area contributed by atoms with Gasteiger partial charge >= 0.3 is 0 Å². The molecule has 0 heterocycles. The van der Waals surface area contributed by atoms with Crippen LogP contribution in [0.3, 0.4) is 0 Å². The molecule has 0 aliphatic heterocycles. The fourth-order valence-electron chi connectivity index (χ4n) is 1.51. The summed E-state index contributed by atoms with van der Waals surface area (Å²) in [4.78, 5) is 11.4. The summed E-state index contributed by atoms with van der Waals surface area (Å²) < 4.78 is 0. The van der Waals surface area contributed by atoms with E-state index < -0.39 is 5.78 Å². The van der Waals surface area contributed by atoms with Gasteiger partial charge in [0.05, 0.1) is 12.0 Å². The first-order valence-electron chi connectivity index (χ1n) is 4.08. The molecule has 3 N–H and O–H groups in total. The van der Waals surface area contributed by atoms with Crippen molar-refractivity contribution < 1.29 is 20.1 Å². The molecule has 0 saturated carbocycles. The van der Waals surface area contributed by atoms with Crippen LogP contribution in [0.2, 0.25) is 0 Å². The third kappa shape index (κ3) is 1.04. The van der Waals surface area contributed by atoms with Crippen LogP contribution in [-0.4, -0.2) is 21.1 Å². The van der Waals surface area contributed by atoms with Crippen LogP contribution in [0.15, 0.2) is 24.0 Å². The van der Waals surface area contributed by atoms with Gasteiger partial charge < -0.3 is 15.3 Å². The lowest BCUT2D eigenvalue weighted by atomic mass is 9.93. The Bertz CT molecular complexity index is 445. The number of rotatable bonds is 0. The fourth-order valence-corrected chi connectivity index (χ4v) is 1.51. The SMILES string of the molecule is O=C1CC(O)=C(O)c2cccc(O)c21. The maximum absolute atomic E-state index is 11.4. The van der Waals surface area contributed by atoms with Gasteiger partial charge in [-0.05, 0) is 6.07 Å². The van der Waals surface area contributed by atoms with Gasteiger partial charge in [-0.2, -0.15) is 0 Å². The smallest absolute Gasteiger partial charge is 0.174 e. The molecule has 72 valence electrons. The van der Waals surface area contributed by atoms with Crippen molar-refractivity contribution >= 4 is 11.5 Å². The van der Waals surface area contributed by atoms with Gasteiger partial charge in [-0.15, -0.1) is 0 Å². The summed E-state index contributed by atoms with van der Waals surface area (Å²) in [5, 5.41) is 28.0. The number of carbonyl (C=O) groups is 1. The van der Waals surface area contributed by atoms with E-state index in [-0.39, 0.29) is 34.8 Å². The third-order valence-corrected chi connectivity index (χ3v) is 2.18. The zero-order chi connectivity index (χ0) is 10.3. The molecule has 1 aromatic rings. The molecule has 0 fully saturated rings. The highest BCUT2D eigenvalue weighted by Gasteiger charge is 2.26. The number of hydrogen-bond acceptors (Lipinski definition) is 4. The highest BCUT2D eigenvalue weighted by Crippen LogP contribution is 2.33. The van der Waals surface area contributed by atoms with E-state index in [1.165, 1.54) is 18.2 Å². The highest BCUT2D eigenvalue weighted by atomic mass is 16.3. The molecule has 2 rings (SSSR count). The molecule has 0 bridgehead atoms. The van der Waals surface area contributed by atoms with Crippen LogP contribution >= 0.6 is 0 Å². The van der Waals surface area contributed by atoms with Crippen LogP contribution in [0.4, 0.5) is 0 Å². The number of phenolic OH excluding ortho intramolecular Hbond substituents is 1. The van der Waals surface area contributed by atoms with Crippen LogP contribution in [0.5, 0.6) is 5.75 Å². The number of hydrogen-bond donors (Lipinski definition) is 3. The molecular weight excluding hydrogens is 184 g/mol. The topological polar surface area (TPSA) is 77.8 Å². The van der Waals surface area contributed by atoms with Crippen molar-refractivity contribution in [1.29, 1.82) is 0 Å². The Morgan fingerprint density at radius 3 is 2.57 bits per heavy atom. The van der Waals surface area contributed by atoms with Crippen LogP contribution in [-0.2, 0) is 0 Å². The number of fused-ring (bicyclic) bond motifs is 1. The monoisotopic (exact) mass is 192 g/mol. The molecule has 1 aliphatic carbocycles. The van der Waals surface area contributed by atoms with E-state index in [9.17, 15) is 20.1 Å². The second kappa shape index (κ2) is 2.77. The molecule has 4 nitrogen and oxygen atoms in total. The Morgan fingerprint density at radius 1 is 1.14 bits per heavy atom. The number of ketones is 1. The molecule has 0 atom stereocenters. The summed E-state index contributed by atoms with van der Waals surface area (Å²) in [6, 6.07) is 4.33. The summed E-state index contributed by atoms with van der Waals surface area (Å²) in [6.45, 7) is 0. The highest BCUT2D eigenvalue weighted by molar-refractivity contribution is 6.06. The largest absolute Gasteiger partial charge is 0.508 e. The summed E-state index contributed by atoms with van der Waals surface area (Å²) >= 11 is 0. The number of aliphatic hydroxyl groups is 2. The number of Topliss-reactive ketones (excluding diaryl/α,β-unsaturated/α-hetero) is 1. The van der Waals surface area contributed by atoms with Gasteiger partial charge in [0.1, 0.15) is 11.5 Å². The Balaban J connectivity index is 2.75. The lowest BCUT2D eigenvalue weighted by molar-refractivity contribution is 0.0971. The Labute approximate surface area is 79.7 Å². The molecule has 0 radical (unpaired) electrons. The van der Waals surface area contributed by atoms with Crippen molar-refractivity contribution in [1.82, 2.24) is 0 Å². The molecule has 0 aromatic heterocycles. The van der Waals surface area contributed by atoms with Gasteiger partial charge in [-0.3, -0.25) is 4.79 Å². The third-order valence-electron chi connectivity index (χ3n) is 2.18. The number of aromatic hydroxyl groups is 1. The second-order valence-electron chi connectivity index (χ2n) is 3.09. The minimum atomic E-state index is -0.395. The molecule has 0 spiro atoms. The number of allylic oxidation sites excluding steroid dienone is 1. The quantitative estimate of drug-likeness (QED) is 0.585. The first kappa shape index (κ1) is 8.62. The summed E-state index contributed by atoms with van der Waals surface area (Å²) in [5.41, 5.74) is 0.251. The zero-order valence-corrected chi connectivity index (χ0v) is 7.19. The van der Waals surface area contributed by atoms with Gasteiger partial charge in [0.25, 0.3) is 0 Å². The minimum absolute atomic E-state index is 0.0720. The summed E-state index contributed by atoms with van der Waals surface area (Å²) in [7, 11) is 0. The number of benzene rings is 1. The van der Waals surface area contributed by atoms with E-state index in [0.29, 0.717) is 0 Å². The molecule has 1 aromatic carbocycles. The van der Waals surface area contributed by atoms with E-state index >= 15 is 0 Å². The molecular formula is C10H8O4. The first-order valence-corrected chi connectivity index (χ1v) is 4.08. The molecule has 14 heavy (non-hydrogen) atoms. The average molecular weight is 192 g/mol. The number of phenols is 1. The van der Waals surface area contributed by atoms with E-state index in [4.69, 9.17) is 0 Å². The molecule has 1 aliphatic rings. The Morgan fingerprint density at radius 2 is 1.86 bits per heavy atom. The van der Waals surface area contributed by atoms with Crippen LogP contribution < -0.4 is 0 Å². The maximum Gasteiger partial charge on any atom is 0.174 e. The number of carbonyl (C=O) groups excluding carboxylic acids is 1. The summed E-state index contributed by atoms with van der Waals surface area (Å²) in [6.07, 6.45) is -0.267. The number of aliphatic hydroxyl groups excluding tert-OH is 2.